The molecular formula is C26H20BBr2O4. The van der Waals surface area contributed by atoms with Crippen LogP contribution in [0, 0.1) is 0 Å². The van der Waals surface area contributed by atoms with Crippen molar-refractivity contribution >= 4 is 39.5 Å². The number of halogens is 2. The molecule has 1 radical (unpaired) electrons. The molecule has 0 aliphatic heterocycles. The number of ether oxygens (including phenoxy) is 2. The monoisotopic (exact) mass is 565 g/mol. The Labute approximate surface area is 211 Å². The van der Waals surface area contributed by atoms with Gasteiger partial charge in [0.1, 0.15) is 24.7 Å². The molecule has 4 rings (SSSR count). The molecule has 0 heterocycles. The minimum Gasteiger partial charge on any atom is -0.524 e. The van der Waals surface area contributed by atoms with Crippen molar-refractivity contribution in [1.82, 2.24) is 0 Å². The molecule has 33 heavy (non-hydrogen) atoms. The second-order valence-electron chi connectivity index (χ2n) is 7.06. The molecule has 4 nitrogen and oxygen atoms in total. The van der Waals surface area contributed by atoms with E-state index in [9.17, 15) is 0 Å². The molecular weight excluding hydrogens is 547 g/mol. The first kappa shape index (κ1) is 23.3. The van der Waals surface area contributed by atoms with E-state index in [1.165, 1.54) is 7.69 Å². The highest BCUT2D eigenvalue weighted by atomic mass is 79.9. The third kappa shape index (κ3) is 7.04. The van der Waals surface area contributed by atoms with Gasteiger partial charge < -0.3 is 18.8 Å². The molecule has 0 amide bonds. The van der Waals surface area contributed by atoms with Crippen molar-refractivity contribution in [2.24, 2.45) is 0 Å². The Morgan fingerprint density at radius 3 is 1.36 bits per heavy atom. The lowest BCUT2D eigenvalue weighted by molar-refractivity contribution is 0.288. The molecule has 0 saturated heterocycles. The van der Waals surface area contributed by atoms with Gasteiger partial charge in [-0.05, 0) is 47.5 Å². The summed E-state index contributed by atoms with van der Waals surface area (Å²) in [6.07, 6.45) is 0. The van der Waals surface area contributed by atoms with Gasteiger partial charge in [0.2, 0.25) is 0 Å². The van der Waals surface area contributed by atoms with Crippen LogP contribution < -0.4 is 18.8 Å². The second-order valence-corrected chi connectivity index (χ2v) is 8.89. The first-order valence-electron chi connectivity index (χ1n) is 10.2. The molecule has 0 fully saturated rings. The smallest absolute Gasteiger partial charge is 0.524 e. The predicted molar refractivity (Wildman–Crippen MR) is 137 cm³/mol. The topological polar surface area (TPSA) is 36.9 Å². The number of hydrogen-bond acceptors (Lipinski definition) is 4. The summed E-state index contributed by atoms with van der Waals surface area (Å²) in [5.74, 6) is 2.28. The number of rotatable bonds is 10. The lowest BCUT2D eigenvalue weighted by atomic mass is 10.2. The molecule has 0 spiro atoms. The van der Waals surface area contributed by atoms with Crippen molar-refractivity contribution in [1.29, 1.82) is 0 Å². The van der Waals surface area contributed by atoms with Crippen molar-refractivity contribution in [3.05, 3.63) is 117 Å². The fourth-order valence-electron chi connectivity index (χ4n) is 2.98. The van der Waals surface area contributed by atoms with Crippen LogP contribution in [0.3, 0.4) is 0 Å². The van der Waals surface area contributed by atoms with Crippen molar-refractivity contribution < 1.29 is 18.8 Å². The van der Waals surface area contributed by atoms with Crippen LogP contribution in [0.4, 0.5) is 0 Å². The molecule has 0 unspecified atom stereocenters. The third-order valence-corrected chi connectivity index (χ3v) is 5.62. The van der Waals surface area contributed by atoms with E-state index in [-0.39, 0.29) is 0 Å². The summed E-state index contributed by atoms with van der Waals surface area (Å²) in [6.45, 7) is 0.867. The zero-order chi connectivity index (χ0) is 22.9. The van der Waals surface area contributed by atoms with E-state index in [4.69, 9.17) is 18.8 Å². The molecule has 0 aliphatic carbocycles. The Bertz CT molecular complexity index is 1080. The SMILES string of the molecule is Brc1ccc(OCc2ccccc2)c(O[B]Oc2cc(Br)ccc2OCc2ccccc2)c1. The van der Waals surface area contributed by atoms with Gasteiger partial charge in [-0.15, -0.1) is 0 Å². The third-order valence-electron chi connectivity index (χ3n) is 4.64. The van der Waals surface area contributed by atoms with Gasteiger partial charge in [0.25, 0.3) is 0 Å². The summed E-state index contributed by atoms with van der Waals surface area (Å²) >= 11 is 6.95. The summed E-state index contributed by atoms with van der Waals surface area (Å²) in [6, 6.07) is 31.1. The maximum atomic E-state index is 5.96. The normalized spacial score (nSPS) is 10.4. The van der Waals surface area contributed by atoms with Crippen LogP contribution in [0.2, 0.25) is 0 Å². The van der Waals surface area contributed by atoms with Crippen molar-refractivity contribution in [2.75, 3.05) is 0 Å². The molecule has 0 saturated carbocycles. The average Bonchev–Trinajstić information content (AvgIpc) is 2.84. The molecule has 0 aliphatic rings. The summed E-state index contributed by atoms with van der Waals surface area (Å²) in [7, 11) is 1.27. The minimum absolute atomic E-state index is 0.433. The van der Waals surface area contributed by atoms with Crippen LogP contribution in [-0.2, 0) is 13.2 Å². The Balaban J connectivity index is 1.39. The quantitative estimate of drug-likeness (QED) is 0.188. The van der Waals surface area contributed by atoms with Crippen LogP contribution in [0.15, 0.2) is 106 Å². The van der Waals surface area contributed by atoms with E-state index in [0.717, 1.165) is 20.1 Å². The van der Waals surface area contributed by atoms with E-state index < -0.39 is 0 Å². The van der Waals surface area contributed by atoms with Crippen molar-refractivity contribution in [3.8, 4) is 23.0 Å². The zero-order valence-corrected chi connectivity index (χ0v) is 20.8. The highest BCUT2D eigenvalue weighted by Gasteiger charge is 2.13. The highest BCUT2D eigenvalue weighted by Crippen LogP contribution is 2.33. The summed E-state index contributed by atoms with van der Waals surface area (Å²) in [4.78, 5) is 0. The maximum Gasteiger partial charge on any atom is 0.658 e. The van der Waals surface area contributed by atoms with Crippen LogP contribution >= 0.6 is 31.9 Å². The first-order chi connectivity index (χ1) is 16.2. The van der Waals surface area contributed by atoms with Crippen LogP contribution in [0.25, 0.3) is 0 Å². The number of benzene rings is 4. The predicted octanol–water partition coefficient (Wildman–Crippen LogP) is 7.36. The molecule has 0 atom stereocenters. The summed E-state index contributed by atoms with van der Waals surface area (Å²) < 4.78 is 25.2. The van der Waals surface area contributed by atoms with Gasteiger partial charge in [-0.1, -0.05) is 92.5 Å². The molecule has 4 aromatic carbocycles. The summed E-state index contributed by atoms with van der Waals surface area (Å²) in [5, 5.41) is 0. The number of hydrogen-bond donors (Lipinski definition) is 0. The average molecular weight is 567 g/mol. The molecule has 165 valence electrons. The lowest BCUT2D eigenvalue weighted by Gasteiger charge is -2.15. The zero-order valence-electron chi connectivity index (χ0n) is 17.6. The standard InChI is InChI=1S/C26H20BBr2O4/c28-21-11-13-23(30-17-19-7-3-1-4-8-19)25(15-21)32-27-33-26-16-22(29)12-14-24(26)31-18-20-9-5-2-6-10-20/h1-16H,17-18H2. The van der Waals surface area contributed by atoms with E-state index in [0.29, 0.717) is 36.2 Å². The molecule has 0 aromatic heterocycles. The van der Waals surface area contributed by atoms with E-state index in [1.807, 2.05) is 97.1 Å². The van der Waals surface area contributed by atoms with Crippen LogP contribution in [0.5, 0.6) is 23.0 Å². The molecule has 4 aromatic rings. The van der Waals surface area contributed by atoms with E-state index in [2.05, 4.69) is 31.9 Å². The first-order valence-corrected chi connectivity index (χ1v) is 11.8. The fraction of sp³-hybridized carbons (Fsp3) is 0.0769. The Morgan fingerprint density at radius 2 is 0.939 bits per heavy atom. The molecule has 7 heteroatoms. The van der Waals surface area contributed by atoms with E-state index >= 15 is 0 Å². The van der Waals surface area contributed by atoms with Crippen molar-refractivity contribution in [2.45, 2.75) is 13.2 Å². The van der Waals surface area contributed by atoms with Crippen LogP contribution in [0.1, 0.15) is 11.1 Å². The molecule has 0 bridgehead atoms. The lowest BCUT2D eigenvalue weighted by Crippen LogP contribution is -2.13. The Kier molecular flexibility index (Phi) is 8.33. The Morgan fingerprint density at radius 1 is 0.515 bits per heavy atom. The van der Waals surface area contributed by atoms with Crippen molar-refractivity contribution in [3.63, 3.8) is 0 Å². The van der Waals surface area contributed by atoms with E-state index in [1.54, 1.807) is 0 Å². The molecule has 0 N–H and O–H groups in total. The minimum atomic E-state index is 0.433. The van der Waals surface area contributed by atoms with Gasteiger partial charge in [0.05, 0.1) is 0 Å². The van der Waals surface area contributed by atoms with Crippen LogP contribution in [-0.4, -0.2) is 7.69 Å². The second kappa shape index (κ2) is 11.8. The van der Waals surface area contributed by atoms with Gasteiger partial charge in [0, 0.05) is 8.95 Å². The van der Waals surface area contributed by atoms with Gasteiger partial charge in [-0.3, -0.25) is 0 Å². The Hall–Kier alpha value is -2.90. The fourth-order valence-corrected chi connectivity index (χ4v) is 3.67. The maximum absolute atomic E-state index is 5.96. The largest absolute Gasteiger partial charge is 0.658 e. The van der Waals surface area contributed by atoms with Gasteiger partial charge in [-0.25, -0.2) is 0 Å². The van der Waals surface area contributed by atoms with Gasteiger partial charge >= 0.3 is 7.69 Å². The highest BCUT2D eigenvalue weighted by molar-refractivity contribution is 9.10. The summed E-state index contributed by atoms with van der Waals surface area (Å²) in [5.41, 5.74) is 2.14. The van der Waals surface area contributed by atoms with Gasteiger partial charge in [0.15, 0.2) is 11.5 Å². The van der Waals surface area contributed by atoms with Gasteiger partial charge in [-0.2, -0.15) is 0 Å².